The molecule has 2 nitrogen and oxygen atoms in total. The van der Waals surface area contributed by atoms with E-state index in [2.05, 4.69) is 73.7 Å². The summed E-state index contributed by atoms with van der Waals surface area (Å²) in [6.07, 6.45) is 4.22. The lowest BCUT2D eigenvalue weighted by atomic mass is 9.86. The number of hydrogen-bond acceptors (Lipinski definition) is 2. The fraction of sp³-hybridized carbons (Fsp3) is 0.0938. The molecule has 0 saturated carbocycles. The molecule has 0 aromatic heterocycles. The minimum atomic E-state index is 0.0271. The van der Waals surface area contributed by atoms with Crippen LogP contribution in [0.25, 0.3) is 11.5 Å². The topological polar surface area (TPSA) is 21.6 Å². The second-order valence-corrected chi connectivity index (χ2v) is 8.49. The molecule has 0 radical (unpaired) electrons. The summed E-state index contributed by atoms with van der Waals surface area (Å²) in [5.41, 5.74) is 6.82. The highest BCUT2D eigenvalue weighted by Gasteiger charge is 2.27. The highest BCUT2D eigenvalue weighted by Crippen LogP contribution is 2.41. The average Bonchev–Trinajstić information content (AvgIpc) is 2.91. The molecular weight excluding hydrogens is 414 g/mol. The van der Waals surface area contributed by atoms with Crippen LogP contribution in [0.15, 0.2) is 132 Å². The molecule has 4 aromatic carbocycles. The zero-order valence-corrected chi connectivity index (χ0v) is 19.3. The van der Waals surface area contributed by atoms with E-state index >= 15 is 0 Å². The van der Waals surface area contributed by atoms with Crippen molar-refractivity contribution in [1.82, 2.24) is 0 Å². The first-order chi connectivity index (χ1) is 16.8. The van der Waals surface area contributed by atoms with E-state index in [4.69, 9.17) is 9.73 Å². The first kappa shape index (κ1) is 21.7. The van der Waals surface area contributed by atoms with Gasteiger partial charge < -0.3 is 4.74 Å². The molecule has 4 aromatic rings. The maximum absolute atomic E-state index is 6.60. The van der Waals surface area contributed by atoms with Gasteiger partial charge in [0.25, 0.3) is 0 Å². The number of aliphatic imine (C=N–C) groups is 1. The summed E-state index contributed by atoms with van der Waals surface area (Å²) >= 11 is 0. The van der Waals surface area contributed by atoms with Crippen LogP contribution in [-0.4, -0.2) is 6.21 Å². The number of aryl methyl sites for hydroxylation is 1. The van der Waals surface area contributed by atoms with Crippen molar-refractivity contribution in [3.05, 3.63) is 155 Å². The molecule has 0 fully saturated rings. The SMILES string of the molecule is Cc1ccc(C2C=C(c3ccccc3)OC(c3ccccc3)=C2C=NCc2ccccc2)cc1. The molecule has 1 aliphatic heterocycles. The van der Waals surface area contributed by atoms with Crippen LogP contribution >= 0.6 is 0 Å². The largest absolute Gasteiger partial charge is 0.456 e. The summed E-state index contributed by atoms with van der Waals surface area (Å²) < 4.78 is 6.60. The standard InChI is InChI=1S/C32H27NO/c1-24-17-19-26(20-18-24)29-21-31(27-13-7-3-8-14-27)34-32(28-15-9-4-10-16-28)30(29)23-33-22-25-11-5-2-6-12-25/h2-21,23,29H,22H2,1H3. The van der Waals surface area contributed by atoms with E-state index in [0.29, 0.717) is 6.54 Å². The molecule has 34 heavy (non-hydrogen) atoms. The van der Waals surface area contributed by atoms with Crippen molar-refractivity contribution in [3.8, 4) is 0 Å². The van der Waals surface area contributed by atoms with Crippen LogP contribution in [0.2, 0.25) is 0 Å². The van der Waals surface area contributed by atoms with Crippen LogP contribution in [0.4, 0.5) is 0 Å². The first-order valence-electron chi connectivity index (χ1n) is 11.6. The van der Waals surface area contributed by atoms with Crippen LogP contribution in [-0.2, 0) is 11.3 Å². The number of benzene rings is 4. The fourth-order valence-corrected chi connectivity index (χ4v) is 4.18. The van der Waals surface area contributed by atoms with E-state index in [1.807, 2.05) is 60.8 Å². The predicted molar refractivity (Wildman–Crippen MR) is 141 cm³/mol. The third-order valence-electron chi connectivity index (χ3n) is 6.01. The number of ether oxygens (including phenoxy) is 1. The lowest BCUT2D eigenvalue weighted by molar-refractivity contribution is 0.456. The minimum Gasteiger partial charge on any atom is -0.456 e. The molecule has 1 unspecified atom stereocenters. The van der Waals surface area contributed by atoms with Gasteiger partial charge in [-0.2, -0.15) is 0 Å². The molecule has 1 atom stereocenters. The Balaban J connectivity index is 1.62. The quantitative estimate of drug-likeness (QED) is 0.279. The molecular formula is C32H27NO. The third kappa shape index (κ3) is 4.92. The predicted octanol–water partition coefficient (Wildman–Crippen LogP) is 7.83. The Bertz CT molecular complexity index is 1320. The molecule has 0 spiro atoms. The lowest BCUT2D eigenvalue weighted by Crippen LogP contribution is -2.13. The summed E-state index contributed by atoms with van der Waals surface area (Å²) in [5.74, 6) is 1.74. The van der Waals surface area contributed by atoms with Crippen LogP contribution in [0, 0.1) is 6.92 Å². The lowest BCUT2D eigenvalue weighted by Gasteiger charge is -2.27. The van der Waals surface area contributed by atoms with Gasteiger partial charge in [-0.25, -0.2) is 0 Å². The second kappa shape index (κ2) is 10.2. The molecule has 5 rings (SSSR count). The van der Waals surface area contributed by atoms with Crippen molar-refractivity contribution in [1.29, 1.82) is 0 Å². The van der Waals surface area contributed by atoms with Crippen molar-refractivity contribution in [2.75, 3.05) is 0 Å². The molecule has 166 valence electrons. The molecule has 0 bridgehead atoms. The van der Waals surface area contributed by atoms with E-state index in [-0.39, 0.29) is 5.92 Å². The summed E-state index contributed by atoms with van der Waals surface area (Å²) in [4.78, 5) is 4.84. The van der Waals surface area contributed by atoms with Gasteiger partial charge in [0, 0.05) is 28.8 Å². The third-order valence-corrected chi connectivity index (χ3v) is 6.01. The van der Waals surface area contributed by atoms with E-state index in [1.54, 1.807) is 0 Å². The Labute approximate surface area is 201 Å². The smallest absolute Gasteiger partial charge is 0.140 e. The number of rotatable bonds is 6. The zero-order chi connectivity index (χ0) is 23.2. The minimum absolute atomic E-state index is 0.0271. The number of allylic oxidation sites excluding steroid dienone is 2. The number of nitrogens with zero attached hydrogens (tertiary/aromatic N) is 1. The maximum Gasteiger partial charge on any atom is 0.140 e. The van der Waals surface area contributed by atoms with Crippen LogP contribution in [0.5, 0.6) is 0 Å². The van der Waals surface area contributed by atoms with Gasteiger partial charge in [-0.1, -0.05) is 121 Å². The monoisotopic (exact) mass is 441 g/mol. The summed E-state index contributed by atoms with van der Waals surface area (Å²) in [5, 5.41) is 0. The highest BCUT2D eigenvalue weighted by atomic mass is 16.5. The van der Waals surface area contributed by atoms with Crippen molar-refractivity contribution >= 4 is 17.7 Å². The van der Waals surface area contributed by atoms with E-state index in [9.17, 15) is 0 Å². The molecule has 0 saturated heterocycles. The van der Waals surface area contributed by atoms with Gasteiger partial charge >= 0.3 is 0 Å². The van der Waals surface area contributed by atoms with Crippen molar-refractivity contribution in [2.45, 2.75) is 19.4 Å². The van der Waals surface area contributed by atoms with Crippen molar-refractivity contribution in [3.63, 3.8) is 0 Å². The molecule has 1 heterocycles. The average molecular weight is 442 g/mol. The zero-order valence-electron chi connectivity index (χ0n) is 19.3. The molecule has 2 heteroatoms. The summed E-state index contributed by atoms with van der Waals surface area (Å²) in [6.45, 7) is 2.74. The van der Waals surface area contributed by atoms with Crippen LogP contribution < -0.4 is 0 Å². The van der Waals surface area contributed by atoms with Gasteiger partial charge in [0.1, 0.15) is 11.5 Å². The van der Waals surface area contributed by atoms with Gasteiger partial charge in [-0.3, -0.25) is 4.99 Å². The van der Waals surface area contributed by atoms with Crippen LogP contribution in [0.3, 0.4) is 0 Å². The van der Waals surface area contributed by atoms with E-state index < -0.39 is 0 Å². The summed E-state index contributed by atoms with van der Waals surface area (Å²) in [7, 11) is 0. The molecule has 0 amide bonds. The van der Waals surface area contributed by atoms with Gasteiger partial charge in [0.2, 0.25) is 0 Å². The molecule has 0 aliphatic carbocycles. The Morgan fingerprint density at radius 1 is 0.706 bits per heavy atom. The maximum atomic E-state index is 6.60. The number of hydrogen-bond donors (Lipinski definition) is 0. The first-order valence-corrected chi connectivity index (χ1v) is 11.6. The molecule has 0 N–H and O–H groups in total. The van der Waals surface area contributed by atoms with Crippen molar-refractivity contribution < 1.29 is 4.74 Å². The van der Waals surface area contributed by atoms with Gasteiger partial charge in [0.15, 0.2) is 0 Å². The van der Waals surface area contributed by atoms with E-state index in [1.165, 1.54) is 16.7 Å². The molecule has 1 aliphatic rings. The van der Waals surface area contributed by atoms with Gasteiger partial charge in [0.05, 0.1) is 6.54 Å². The highest BCUT2D eigenvalue weighted by molar-refractivity contribution is 5.94. The van der Waals surface area contributed by atoms with Crippen molar-refractivity contribution in [2.24, 2.45) is 4.99 Å². The Kier molecular flexibility index (Phi) is 6.49. The van der Waals surface area contributed by atoms with E-state index in [0.717, 1.165) is 28.2 Å². The Hall–Kier alpha value is -4.17. The van der Waals surface area contributed by atoms with Gasteiger partial charge in [-0.05, 0) is 24.1 Å². The fourth-order valence-electron chi connectivity index (χ4n) is 4.18. The Morgan fingerprint density at radius 3 is 1.94 bits per heavy atom. The van der Waals surface area contributed by atoms with Crippen LogP contribution in [0.1, 0.15) is 33.7 Å². The summed E-state index contributed by atoms with van der Waals surface area (Å²) in [6, 6.07) is 39.7. The normalized spacial score (nSPS) is 15.8. The second-order valence-electron chi connectivity index (χ2n) is 8.49. The Morgan fingerprint density at radius 2 is 1.29 bits per heavy atom. The van der Waals surface area contributed by atoms with Gasteiger partial charge in [-0.15, -0.1) is 0 Å².